The molecule has 0 aromatic heterocycles. The minimum absolute atomic E-state index is 0.295. The van der Waals surface area contributed by atoms with Crippen LogP contribution in [0.15, 0.2) is 17.5 Å². The van der Waals surface area contributed by atoms with Gasteiger partial charge in [0.05, 0.1) is 5.76 Å². The van der Waals surface area contributed by atoms with Crippen molar-refractivity contribution in [2.24, 2.45) is 5.18 Å². The number of unbranched alkanes of at least 4 members (excludes halogenated alkanes) is 9. The monoisotopic (exact) mass is 269 g/mol. The number of carbonyl (C=O) groups is 1. The summed E-state index contributed by atoms with van der Waals surface area (Å²) in [6, 6.07) is 0. The number of hydrogen-bond acceptors (Lipinski definition) is 3. The lowest BCUT2D eigenvalue weighted by molar-refractivity contribution is -0.118. The van der Waals surface area contributed by atoms with Crippen LogP contribution in [0.4, 0.5) is 0 Å². The number of aliphatic hydroxyl groups excluding tert-OH is 1. The summed E-state index contributed by atoms with van der Waals surface area (Å²) < 4.78 is 0. The molecule has 0 aliphatic rings. The van der Waals surface area contributed by atoms with Crippen LogP contribution in [0.25, 0.3) is 0 Å². The fourth-order valence-electron chi connectivity index (χ4n) is 2.07. The van der Waals surface area contributed by atoms with Gasteiger partial charge in [-0.25, -0.2) is 0 Å². The molecule has 0 aromatic rings. The summed E-state index contributed by atoms with van der Waals surface area (Å²) in [6.07, 6.45) is 12.4. The third-order valence-electron chi connectivity index (χ3n) is 3.21. The van der Waals surface area contributed by atoms with Crippen molar-refractivity contribution in [1.29, 1.82) is 0 Å². The Morgan fingerprint density at radius 3 is 1.53 bits per heavy atom. The molecule has 0 heterocycles. The molecule has 0 spiro atoms. The molecule has 0 aliphatic carbocycles. The van der Waals surface area contributed by atoms with E-state index >= 15 is 0 Å². The lowest BCUT2D eigenvalue weighted by atomic mass is 10.0. The predicted molar refractivity (Wildman–Crippen MR) is 78.0 cm³/mol. The van der Waals surface area contributed by atoms with Gasteiger partial charge in [-0.2, -0.15) is 0 Å². The van der Waals surface area contributed by atoms with E-state index in [1.165, 1.54) is 38.5 Å². The van der Waals surface area contributed by atoms with Gasteiger partial charge in [-0.1, -0.05) is 57.9 Å². The van der Waals surface area contributed by atoms with Crippen LogP contribution in [0.5, 0.6) is 0 Å². The highest BCUT2D eigenvalue weighted by atomic mass is 16.3. The zero-order chi connectivity index (χ0) is 14.3. The Kier molecular flexibility index (Phi) is 12.4. The Morgan fingerprint density at radius 2 is 1.16 bits per heavy atom. The minimum atomic E-state index is -0.523. The number of amides is 1. The highest BCUT2D eigenvalue weighted by Crippen LogP contribution is 2.12. The van der Waals surface area contributed by atoms with Crippen molar-refractivity contribution >= 4 is 5.91 Å². The van der Waals surface area contributed by atoms with Crippen LogP contribution in [0, 0.1) is 4.91 Å². The van der Waals surface area contributed by atoms with Gasteiger partial charge in [-0.3, -0.25) is 4.79 Å². The summed E-state index contributed by atoms with van der Waals surface area (Å²) >= 11 is 0. The van der Waals surface area contributed by atoms with E-state index in [0.717, 1.165) is 32.1 Å². The van der Waals surface area contributed by atoms with Gasteiger partial charge in [0, 0.05) is 18.0 Å². The molecular weight excluding hydrogens is 242 g/mol. The Balaban J connectivity index is 3.05. The first kappa shape index (κ1) is 17.8. The molecule has 4 heteroatoms. The number of rotatable bonds is 13. The second-order valence-corrected chi connectivity index (χ2v) is 5.09. The van der Waals surface area contributed by atoms with E-state index in [1.807, 2.05) is 0 Å². The standard InChI is InChI=1S/C15H27NO3/c1-14(17)12-10-8-6-4-2-3-5-7-9-11-13-15(18)16-19/h17H,1-13H2. The summed E-state index contributed by atoms with van der Waals surface area (Å²) in [4.78, 5) is 20.5. The number of hydrogen-bond donors (Lipinski definition) is 1. The van der Waals surface area contributed by atoms with E-state index in [-0.39, 0.29) is 0 Å². The molecular formula is C15H27NO3. The molecule has 1 N–H and O–H groups in total. The van der Waals surface area contributed by atoms with E-state index in [2.05, 4.69) is 11.8 Å². The smallest absolute Gasteiger partial charge is 0.286 e. The third-order valence-corrected chi connectivity index (χ3v) is 3.21. The van der Waals surface area contributed by atoms with Crippen LogP contribution in [0.2, 0.25) is 0 Å². The zero-order valence-electron chi connectivity index (χ0n) is 11.9. The number of allylic oxidation sites excluding steroid dienone is 1. The van der Waals surface area contributed by atoms with Crippen molar-refractivity contribution in [3.8, 4) is 0 Å². The Morgan fingerprint density at radius 1 is 0.789 bits per heavy atom. The maximum Gasteiger partial charge on any atom is 0.286 e. The maximum absolute atomic E-state index is 10.6. The van der Waals surface area contributed by atoms with Crippen LogP contribution in [0.1, 0.15) is 77.0 Å². The highest BCUT2D eigenvalue weighted by Gasteiger charge is 1.99. The molecule has 0 fully saturated rings. The lowest BCUT2D eigenvalue weighted by Gasteiger charge is -2.02. The summed E-state index contributed by atoms with van der Waals surface area (Å²) in [5, 5.41) is 11.3. The normalized spacial score (nSPS) is 10.3. The zero-order valence-corrected chi connectivity index (χ0v) is 11.9. The largest absolute Gasteiger partial charge is 0.513 e. The average Bonchev–Trinajstić information content (AvgIpc) is 2.39. The second kappa shape index (κ2) is 13.2. The Labute approximate surface area is 116 Å². The Hall–Kier alpha value is -1.19. The van der Waals surface area contributed by atoms with Crippen LogP contribution < -0.4 is 0 Å². The fraction of sp³-hybridized carbons (Fsp3) is 0.800. The topological polar surface area (TPSA) is 66.7 Å². The van der Waals surface area contributed by atoms with E-state index < -0.39 is 5.91 Å². The number of aliphatic hydroxyl groups is 1. The Bertz CT molecular complexity index is 264. The molecule has 0 rings (SSSR count). The fourth-order valence-corrected chi connectivity index (χ4v) is 2.07. The molecule has 0 bridgehead atoms. The van der Waals surface area contributed by atoms with E-state index in [4.69, 9.17) is 5.11 Å². The first-order chi connectivity index (χ1) is 9.16. The molecule has 0 atom stereocenters. The summed E-state index contributed by atoms with van der Waals surface area (Å²) in [6.45, 7) is 3.47. The molecule has 4 nitrogen and oxygen atoms in total. The first-order valence-corrected chi connectivity index (χ1v) is 7.39. The van der Waals surface area contributed by atoms with Crippen molar-refractivity contribution in [2.75, 3.05) is 0 Å². The minimum Gasteiger partial charge on any atom is -0.513 e. The van der Waals surface area contributed by atoms with Crippen molar-refractivity contribution < 1.29 is 9.90 Å². The van der Waals surface area contributed by atoms with Crippen LogP contribution >= 0.6 is 0 Å². The van der Waals surface area contributed by atoms with Gasteiger partial charge >= 0.3 is 0 Å². The van der Waals surface area contributed by atoms with Gasteiger partial charge in [0.15, 0.2) is 0 Å². The molecule has 19 heavy (non-hydrogen) atoms. The van der Waals surface area contributed by atoms with Gasteiger partial charge < -0.3 is 5.11 Å². The molecule has 0 aromatic carbocycles. The summed E-state index contributed by atoms with van der Waals surface area (Å²) in [7, 11) is 0. The maximum atomic E-state index is 10.6. The lowest BCUT2D eigenvalue weighted by Crippen LogP contribution is -1.91. The number of carbonyl (C=O) groups excluding carboxylic acids is 1. The van der Waals surface area contributed by atoms with E-state index in [9.17, 15) is 9.70 Å². The summed E-state index contributed by atoms with van der Waals surface area (Å²) in [5.41, 5.74) is 0. The SMILES string of the molecule is C=C(O)CCCCCCCCCCCCC(=O)N=O. The highest BCUT2D eigenvalue weighted by molar-refractivity contribution is 5.76. The predicted octanol–water partition coefficient (Wildman–Crippen LogP) is 5.03. The number of nitroso groups, excluding NO2 is 1. The molecule has 0 saturated heterocycles. The van der Waals surface area contributed by atoms with E-state index in [1.54, 1.807) is 0 Å². The molecule has 0 aliphatic heterocycles. The quantitative estimate of drug-likeness (QED) is 0.289. The van der Waals surface area contributed by atoms with Gasteiger partial charge in [0.25, 0.3) is 5.91 Å². The molecule has 0 saturated carbocycles. The molecule has 1 amide bonds. The van der Waals surface area contributed by atoms with Gasteiger partial charge in [0.2, 0.25) is 0 Å². The second-order valence-electron chi connectivity index (χ2n) is 5.09. The van der Waals surface area contributed by atoms with Crippen LogP contribution in [-0.4, -0.2) is 11.0 Å². The van der Waals surface area contributed by atoms with Crippen LogP contribution in [-0.2, 0) is 4.79 Å². The van der Waals surface area contributed by atoms with E-state index in [0.29, 0.717) is 12.2 Å². The van der Waals surface area contributed by atoms with Gasteiger partial charge in [-0.05, 0) is 12.8 Å². The third kappa shape index (κ3) is 14.8. The average molecular weight is 269 g/mol. The molecule has 110 valence electrons. The number of nitrogens with zero attached hydrogens (tertiary/aromatic N) is 1. The molecule has 0 radical (unpaired) electrons. The van der Waals surface area contributed by atoms with Crippen molar-refractivity contribution in [3.05, 3.63) is 17.2 Å². The van der Waals surface area contributed by atoms with Crippen LogP contribution in [0.3, 0.4) is 0 Å². The summed E-state index contributed by atoms with van der Waals surface area (Å²) in [5.74, 6) is -0.228. The first-order valence-electron chi connectivity index (χ1n) is 7.39. The van der Waals surface area contributed by atoms with Crippen molar-refractivity contribution in [2.45, 2.75) is 77.0 Å². The van der Waals surface area contributed by atoms with Crippen molar-refractivity contribution in [1.82, 2.24) is 0 Å². The van der Waals surface area contributed by atoms with Crippen molar-refractivity contribution in [3.63, 3.8) is 0 Å². The van der Waals surface area contributed by atoms with Gasteiger partial charge in [-0.15, -0.1) is 4.91 Å². The van der Waals surface area contributed by atoms with Gasteiger partial charge in [0.1, 0.15) is 0 Å². The molecule has 0 unspecified atom stereocenters.